The van der Waals surface area contributed by atoms with E-state index in [2.05, 4.69) is 27.8 Å². The SMILES string of the molecule is C=CCOC(=O)NCc1cc(Br)cc(C(=O)O)c1. The molecule has 0 bridgehead atoms. The van der Waals surface area contributed by atoms with Crippen molar-refractivity contribution in [3.05, 3.63) is 46.5 Å². The Balaban J connectivity index is 2.64. The van der Waals surface area contributed by atoms with Gasteiger partial charge in [-0.15, -0.1) is 0 Å². The molecule has 1 rings (SSSR count). The van der Waals surface area contributed by atoms with Crippen molar-refractivity contribution in [1.82, 2.24) is 5.32 Å². The molecule has 96 valence electrons. The predicted octanol–water partition coefficient (Wildman–Crippen LogP) is 2.56. The fourth-order valence-corrected chi connectivity index (χ4v) is 1.78. The van der Waals surface area contributed by atoms with Crippen LogP contribution in [0.3, 0.4) is 0 Å². The number of hydrogen-bond donors (Lipinski definition) is 2. The molecule has 0 saturated carbocycles. The Labute approximate surface area is 113 Å². The maximum atomic E-state index is 11.2. The molecule has 1 aromatic carbocycles. The van der Waals surface area contributed by atoms with Crippen LogP contribution in [0.1, 0.15) is 15.9 Å². The van der Waals surface area contributed by atoms with Gasteiger partial charge in [-0.05, 0) is 23.8 Å². The van der Waals surface area contributed by atoms with Gasteiger partial charge in [-0.25, -0.2) is 9.59 Å². The molecule has 0 unspecified atom stereocenters. The summed E-state index contributed by atoms with van der Waals surface area (Å²) >= 11 is 3.21. The normalized spacial score (nSPS) is 9.61. The summed E-state index contributed by atoms with van der Waals surface area (Å²) in [6.45, 7) is 3.74. The zero-order valence-corrected chi connectivity index (χ0v) is 11.1. The van der Waals surface area contributed by atoms with E-state index in [1.807, 2.05) is 0 Å². The molecule has 0 aliphatic rings. The second-order valence-electron chi connectivity index (χ2n) is 3.39. The third-order valence-corrected chi connectivity index (χ3v) is 2.43. The van der Waals surface area contributed by atoms with Gasteiger partial charge in [0.2, 0.25) is 0 Å². The van der Waals surface area contributed by atoms with Crippen LogP contribution in [-0.4, -0.2) is 23.8 Å². The number of aromatic carboxylic acids is 1. The maximum Gasteiger partial charge on any atom is 0.407 e. The van der Waals surface area contributed by atoms with E-state index in [1.165, 1.54) is 18.2 Å². The van der Waals surface area contributed by atoms with Gasteiger partial charge in [-0.3, -0.25) is 0 Å². The van der Waals surface area contributed by atoms with Crippen molar-refractivity contribution < 1.29 is 19.4 Å². The highest BCUT2D eigenvalue weighted by Gasteiger charge is 2.07. The average molecular weight is 314 g/mol. The second-order valence-corrected chi connectivity index (χ2v) is 4.31. The lowest BCUT2D eigenvalue weighted by molar-refractivity contribution is 0.0696. The number of carbonyl (C=O) groups excluding carboxylic acids is 1. The summed E-state index contributed by atoms with van der Waals surface area (Å²) in [6.07, 6.45) is 0.882. The van der Waals surface area contributed by atoms with Crippen molar-refractivity contribution in [2.45, 2.75) is 6.54 Å². The fraction of sp³-hybridized carbons (Fsp3) is 0.167. The van der Waals surface area contributed by atoms with Crippen LogP contribution in [0.2, 0.25) is 0 Å². The zero-order chi connectivity index (χ0) is 13.5. The molecule has 0 atom stereocenters. The maximum absolute atomic E-state index is 11.2. The Morgan fingerprint density at radius 2 is 2.17 bits per heavy atom. The van der Waals surface area contributed by atoms with Gasteiger partial charge in [0, 0.05) is 11.0 Å². The monoisotopic (exact) mass is 313 g/mol. The summed E-state index contributed by atoms with van der Waals surface area (Å²) < 4.78 is 5.36. The smallest absolute Gasteiger partial charge is 0.407 e. The van der Waals surface area contributed by atoms with Crippen LogP contribution < -0.4 is 5.32 Å². The van der Waals surface area contributed by atoms with Crippen molar-refractivity contribution >= 4 is 28.0 Å². The van der Waals surface area contributed by atoms with Crippen molar-refractivity contribution in [3.63, 3.8) is 0 Å². The van der Waals surface area contributed by atoms with Crippen LogP contribution in [0.25, 0.3) is 0 Å². The van der Waals surface area contributed by atoms with Gasteiger partial charge in [0.25, 0.3) is 0 Å². The van der Waals surface area contributed by atoms with Crippen LogP contribution >= 0.6 is 15.9 Å². The number of carboxylic acids is 1. The minimum atomic E-state index is -1.02. The first-order valence-electron chi connectivity index (χ1n) is 5.07. The summed E-state index contributed by atoms with van der Waals surface area (Å²) in [5, 5.41) is 11.4. The Kier molecular flexibility index (Phi) is 5.38. The number of carbonyl (C=O) groups is 2. The van der Waals surface area contributed by atoms with E-state index in [9.17, 15) is 9.59 Å². The molecule has 0 spiro atoms. The van der Waals surface area contributed by atoms with Gasteiger partial charge >= 0.3 is 12.1 Å². The largest absolute Gasteiger partial charge is 0.478 e. The lowest BCUT2D eigenvalue weighted by Crippen LogP contribution is -2.23. The lowest BCUT2D eigenvalue weighted by Gasteiger charge is -2.07. The number of amides is 1. The van der Waals surface area contributed by atoms with Crippen LogP contribution in [-0.2, 0) is 11.3 Å². The third kappa shape index (κ3) is 4.58. The van der Waals surface area contributed by atoms with Crippen LogP contribution in [0.4, 0.5) is 4.79 Å². The predicted molar refractivity (Wildman–Crippen MR) is 69.5 cm³/mol. The Hall–Kier alpha value is -1.82. The van der Waals surface area contributed by atoms with Crippen LogP contribution in [0, 0.1) is 0 Å². The number of hydrogen-bond acceptors (Lipinski definition) is 3. The first kappa shape index (κ1) is 14.2. The molecular weight excluding hydrogens is 302 g/mol. The molecule has 5 nitrogen and oxygen atoms in total. The van der Waals surface area contributed by atoms with Crippen molar-refractivity contribution in [2.24, 2.45) is 0 Å². The number of benzene rings is 1. The van der Waals surface area contributed by atoms with Crippen molar-refractivity contribution in [3.8, 4) is 0 Å². The summed E-state index contributed by atoms with van der Waals surface area (Å²) in [6, 6.07) is 4.70. The van der Waals surface area contributed by atoms with Gasteiger partial charge in [0.15, 0.2) is 0 Å². The van der Waals surface area contributed by atoms with Crippen molar-refractivity contribution in [2.75, 3.05) is 6.61 Å². The molecule has 1 amide bonds. The van der Waals surface area contributed by atoms with E-state index in [1.54, 1.807) is 6.07 Å². The van der Waals surface area contributed by atoms with E-state index in [4.69, 9.17) is 9.84 Å². The highest BCUT2D eigenvalue weighted by molar-refractivity contribution is 9.10. The number of rotatable bonds is 5. The van der Waals surface area contributed by atoms with Gasteiger partial charge < -0.3 is 15.2 Å². The molecule has 0 aromatic heterocycles. The van der Waals surface area contributed by atoms with Gasteiger partial charge in [-0.1, -0.05) is 28.6 Å². The Morgan fingerprint density at radius 1 is 1.44 bits per heavy atom. The van der Waals surface area contributed by atoms with E-state index in [-0.39, 0.29) is 18.7 Å². The van der Waals surface area contributed by atoms with Gasteiger partial charge in [0.05, 0.1) is 5.56 Å². The first-order chi connectivity index (χ1) is 8.52. The van der Waals surface area contributed by atoms with Gasteiger partial charge in [-0.2, -0.15) is 0 Å². The number of carboxylic acid groups (broad SMARTS) is 1. The van der Waals surface area contributed by atoms with E-state index in [0.717, 1.165) is 0 Å². The van der Waals surface area contributed by atoms with E-state index < -0.39 is 12.1 Å². The number of alkyl carbamates (subject to hydrolysis) is 1. The molecule has 0 aliphatic heterocycles. The van der Waals surface area contributed by atoms with Crippen molar-refractivity contribution in [1.29, 1.82) is 0 Å². The summed E-state index contributed by atoms with van der Waals surface area (Å²) in [5.41, 5.74) is 0.818. The molecule has 0 heterocycles. The standard InChI is InChI=1S/C12H12BrNO4/c1-2-3-18-12(17)14-7-8-4-9(11(15)16)6-10(13)5-8/h2,4-6H,1,3,7H2,(H,14,17)(H,15,16). The molecule has 0 saturated heterocycles. The molecule has 6 heteroatoms. The Bertz CT molecular complexity index is 473. The molecule has 0 aliphatic carbocycles. The fourth-order valence-electron chi connectivity index (χ4n) is 1.24. The summed E-state index contributed by atoms with van der Waals surface area (Å²) in [4.78, 5) is 22.0. The minimum Gasteiger partial charge on any atom is -0.478 e. The lowest BCUT2D eigenvalue weighted by atomic mass is 10.1. The molecular formula is C12H12BrNO4. The average Bonchev–Trinajstić information content (AvgIpc) is 2.33. The first-order valence-corrected chi connectivity index (χ1v) is 5.86. The highest BCUT2D eigenvalue weighted by Crippen LogP contribution is 2.16. The quantitative estimate of drug-likeness (QED) is 0.819. The zero-order valence-electron chi connectivity index (χ0n) is 9.48. The minimum absolute atomic E-state index is 0.130. The number of halogens is 1. The molecule has 0 fully saturated rings. The summed E-state index contributed by atoms with van der Waals surface area (Å²) in [7, 11) is 0. The molecule has 1 aromatic rings. The molecule has 0 radical (unpaired) electrons. The third-order valence-electron chi connectivity index (χ3n) is 1.97. The van der Waals surface area contributed by atoms with Crippen LogP contribution in [0.15, 0.2) is 35.3 Å². The van der Waals surface area contributed by atoms with E-state index >= 15 is 0 Å². The molecule has 2 N–H and O–H groups in total. The molecule has 18 heavy (non-hydrogen) atoms. The number of ether oxygens (including phenoxy) is 1. The highest BCUT2D eigenvalue weighted by atomic mass is 79.9. The van der Waals surface area contributed by atoms with Crippen LogP contribution in [0.5, 0.6) is 0 Å². The summed E-state index contributed by atoms with van der Waals surface area (Å²) in [5.74, 6) is -1.02. The number of nitrogens with one attached hydrogen (secondary N) is 1. The second kappa shape index (κ2) is 6.80. The van der Waals surface area contributed by atoms with Gasteiger partial charge in [0.1, 0.15) is 6.61 Å². The Morgan fingerprint density at radius 3 is 2.78 bits per heavy atom. The van der Waals surface area contributed by atoms with E-state index in [0.29, 0.717) is 10.0 Å². The topological polar surface area (TPSA) is 75.6 Å².